The van der Waals surface area contributed by atoms with Crippen LogP contribution in [0.3, 0.4) is 0 Å². The fraction of sp³-hybridized carbons (Fsp3) is 0.533. The van der Waals surface area contributed by atoms with Crippen LogP contribution in [-0.4, -0.2) is 18.5 Å². The van der Waals surface area contributed by atoms with Gasteiger partial charge in [-0.25, -0.2) is 0 Å². The van der Waals surface area contributed by atoms with Gasteiger partial charge in [-0.2, -0.15) is 0 Å². The van der Waals surface area contributed by atoms with Gasteiger partial charge in [0.15, 0.2) is 0 Å². The molecule has 104 valence electrons. The molecule has 1 fully saturated rings. The van der Waals surface area contributed by atoms with Crippen molar-refractivity contribution in [2.45, 2.75) is 38.8 Å². The topological polar surface area (TPSA) is 41.1 Å². The molecule has 2 N–H and O–H groups in total. The number of benzene rings is 1. The summed E-state index contributed by atoms with van der Waals surface area (Å²) >= 11 is 3.43. The second kappa shape index (κ2) is 5.63. The molecule has 2 rings (SSSR count). The molecule has 1 aromatic carbocycles. The van der Waals surface area contributed by atoms with Crippen molar-refractivity contribution in [3.05, 3.63) is 34.3 Å². The maximum atomic E-state index is 12.4. The smallest absolute Gasteiger partial charge is 0.225 e. The zero-order valence-corrected chi connectivity index (χ0v) is 13.3. The Kier molecular flexibility index (Phi) is 4.31. The first-order valence-corrected chi connectivity index (χ1v) is 7.51. The van der Waals surface area contributed by atoms with E-state index in [0.717, 1.165) is 23.0 Å². The van der Waals surface area contributed by atoms with Crippen LogP contribution in [0.4, 0.5) is 0 Å². The Bertz CT molecular complexity index is 456. The van der Waals surface area contributed by atoms with Crippen LogP contribution in [-0.2, 0) is 10.3 Å². The van der Waals surface area contributed by atoms with E-state index in [1.165, 1.54) is 0 Å². The molecule has 0 bridgehead atoms. The molecule has 2 atom stereocenters. The Balaban J connectivity index is 2.08. The highest BCUT2D eigenvalue weighted by atomic mass is 79.9. The van der Waals surface area contributed by atoms with Crippen molar-refractivity contribution in [1.82, 2.24) is 10.6 Å². The van der Waals surface area contributed by atoms with E-state index < -0.39 is 0 Å². The summed E-state index contributed by atoms with van der Waals surface area (Å²) in [5, 5.41) is 6.49. The van der Waals surface area contributed by atoms with Gasteiger partial charge in [0.1, 0.15) is 0 Å². The van der Waals surface area contributed by atoms with Crippen molar-refractivity contribution in [1.29, 1.82) is 0 Å². The molecule has 1 heterocycles. The summed E-state index contributed by atoms with van der Waals surface area (Å²) in [5.41, 5.74) is 0.766. The van der Waals surface area contributed by atoms with Crippen molar-refractivity contribution in [3.8, 4) is 0 Å². The van der Waals surface area contributed by atoms with Crippen molar-refractivity contribution >= 4 is 21.8 Å². The minimum atomic E-state index is -0.347. The fourth-order valence-electron chi connectivity index (χ4n) is 2.56. The van der Waals surface area contributed by atoms with E-state index in [-0.39, 0.29) is 23.4 Å². The third-order valence-electron chi connectivity index (χ3n) is 3.86. The Morgan fingerprint density at radius 3 is 2.53 bits per heavy atom. The molecule has 1 aromatic rings. The number of hydrogen-bond donors (Lipinski definition) is 2. The van der Waals surface area contributed by atoms with Gasteiger partial charge in [0.2, 0.25) is 5.91 Å². The minimum Gasteiger partial charge on any atom is -0.347 e. The van der Waals surface area contributed by atoms with E-state index in [4.69, 9.17) is 0 Å². The van der Waals surface area contributed by atoms with Gasteiger partial charge in [-0.05, 0) is 51.4 Å². The van der Waals surface area contributed by atoms with Gasteiger partial charge in [0.05, 0.1) is 11.5 Å². The van der Waals surface area contributed by atoms with E-state index in [2.05, 4.69) is 33.5 Å². The molecule has 19 heavy (non-hydrogen) atoms. The Morgan fingerprint density at radius 2 is 2.00 bits per heavy atom. The number of carbonyl (C=O) groups is 1. The third-order valence-corrected chi connectivity index (χ3v) is 4.39. The lowest BCUT2D eigenvalue weighted by molar-refractivity contribution is -0.126. The fourth-order valence-corrected chi connectivity index (χ4v) is 2.82. The lowest BCUT2D eigenvalue weighted by Crippen LogP contribution is -2.46. The molecule has 1 aliphatic rings. The van der Waals surface area contributed by atoms with Gasteiger partial charge >= 0.3 is 0 Å². The summed E-state index contributed by atoms with van der Waals surface area (Å²) in [4.78, 5) is 12.4. The van der Waals surface area contributed by atoms with Gasteiger partial charge in [-0.3, -0.25) is 4.79 Å². The standard InChI is InChI=1S/C15H21BrN2O/c1-10-13(8-9-17-10)14(19)18-15(2,3)11-4-6-12(16)7-5-11/h4-7,10,13,17H,8-9H2,1-3H3,(H,18,19). The maximum Gasteiger partial charge on any atom is 0.225 e. The molecular weight excluding hydrogens is 304 g/mol. The SMILES string of the molecule is CC1NCCC1C(=O)NC(C)(C)c1ccc(Br)cc1. The quantitative estimate of drug-likeness (QED) is 0.897. The maximum absolute atomic E-state index is 12.4. The van der Waals surface area contributed by atoms with Gasteiger partial charge in [0.25, 0.3) is 0 Å². The van der Waals surface area contributed by atoms with E-state index >= 15 is 0 Å². The summed E-state index contributed by atoms with van der Waals surface area (Å²) in [5.74, 6) is 0.222. The van der Waals surface area contributed by atoms with Crippen LogP contribution in [0.5, 0.6) is 0 Å². The monoisotopic (exact) mass is 324 g/mol. The molecule has 1 aliphatic heterocycles. The summed E-state index contributed by atoms with van der Waals surface area (Å²) in [7, 11) is 0. The zero-order chi connectivity index (χ0) is 14.0. The highest BCUT2D eigenvalue weighted by Crippen LogP contribution is 2.24. The average molecular weight is 325 g/mol. The molecule has 1 saturated heterocycles. The number of hydrogen-bond acceptors (Lipinski definition) is 2. The molecular formula is C15H21BrN2O. The van der Waals surface area contributed by atoms with E-state index in [9.17, 15) is 4.79 Å². The predicted molar refractivity (Wildman–Crippen MR) is 80.9 cm³/mol. The Morgan fingerprint density at radius 1 is 1.37 bits per heavy atom. The number of amides is 1. The van der Waals surface area contributed by atoms with Crippen molar-refractivity contribution in [2.75, 3.05) is 6.54 Å². The molecule has 0 aromatic heterocycles. The lowest BCUT2D eigenvalue weighted by Gasteiger charge is -2.29. The van der Waals surface area contributed by atoms with Crippen LogP contribution < -0.4 is 10.6 Å². The molecule has 4 heteroatoms. The van der Waals surface area contributed by atoms with Crippen LogP contribution in [0.2, 0.25) is 0 Å². The second-order valence-corrected chi connectivity index (χ2v) is 6.67. The van der Waals surface area contributed by atoms with Crippen LogP contribution >= 0.6 is 15.9 Å². The van der Waals surface area contributed by atoms with Gasteiger partial charge in [0, 0.05) is 10.5 Å². The second-order valence-electron chi connectivity index (χ2n) is 5.76. The number of nitrogens with one attached hydrogen (secondary N) is 2. The summed E-state index contributed by atoms with van der Waals surface area (Å²) in [6.07, 6.45) is 0.920. The number of halogens is 1. The molecule has 0 aliphatic carbocycles. The van der Waals surface area contributed by atoms with Crippen LogP contribution in [0.15, 0.2) is 28.7 Å². The molecule has 1 amide bonds. The van der Waals surface area contributed by atoms with Crippen molar-refractivity contribution in [3.63, 3.8) is 0 Å². The zero-order valence-electron chi connectivity index (χ0n) is 11.7. The predicted octanol–water partition coefficient (Wildman–Crippen LogP) is 2.80. The summed E-state index contributed by atoms with van der Waals surface area (Å²) < 4.78 is 1.05. The van der Waals surface area contributed by atoms with Crippen molar-refractivity contribution in [2.24, 2.45) is 5.92 Å². The molecule has 0 saturated carbocycles. The van der Waals surface area contributed by atoms with Gasteiger partial charge in [-0.1, -0.05) is 28.1 Å². The highest BCUT2D eigenvalue weighted by Gasteiger charge is 2.33. The first-order valence-electron chi connectivity index (χ1n) is 6.71. The minimum absolute atomic E-state index is 0.0784. The molecule has 0 radical (unpaired) electrons. The van der Waals surface area contributed by atoms with Crippen LogP contribution in [0, 0.1) is 5.92 Å². The Hall–Kier alpha value is -0.870. The first-order chi connectivity index (χ1) is 8.90. The number of carbonyl (C=O) groups excluding carboxylic acids is 1. The molecule has 2 unspecified atom stereocenters. The molecule has 0 spiro atoms. The number of rotatable bonds is 3. The third kappa shape index (κ3) is 3.37. The van der Waals surface area contributed by atoms with E-state index in [0.29, 0.717) is 0 Å². The largest absolute Gasteiger partial charge is 0.347 e. The van der Waals surface area contributed by atoms with E-state index in [1.54, 1.807) is 0 Å². The summed E-state index contributed by atoms with van der Waals surface area (Å²) in [6.45, 7) is 7.09. The van der Waals surface area contributed by atoms with Gasteiger partial charge in [-0.15, -0.1) is 0 Å². The summed E-state index contributed by atoms with van der Waals surface area (Å²) in [6, 6.07) is 8.36. The Labute approximate surface area is 123 Å². The van der Waals surface area contributed by atoms with Crippen molar-refractivity contribution < 1.29 is 4.79 Å². The highest BCUT2D eigenvalue weighted by molar-refractivity contribution is 9.10. The van der Waals surface area contributed by atoms with Gasteiger partial charge < -0.3 is 10.6 Å². The molecule has 3 nitrogen and oxygen atoms in total. The van der Waals surface area contributed by atoms with Crippen LogP contribution in [0.25, 0.3) is 0 Å². The average Bonchev–Trinajstić information content (AvgIpc) is 2.75. The van der Waals surface area contributed by atoms with E-state index in [1.807, 2.05) is 38.1 Å². The normalized spacial score (nSPS) is 23.4. The van der Waals surface area contributed by atoms with Crippen LogP contribution in [0.1, 0.15) is 32.8 Å². The lowest BCUT2D eigenvalue weighted by atomic mass is 9.92. The first kappa shape index (κ1) is 14.5.